The van der Waals surface area contributed by atoms with E-state index in [0.29, 0.717) is 19.7 Å². The molecule has 1 aliphatic rings. The molecular formula is C15H19F3INO. The number of likely N-dealkylation sites (tertiary alicyclic amines) is 1. The van der Waals surface area contributed by atoms with Gasteiger partial charge in [0, 0.05) is 6.54 Å². The van der Waals surface area contributed by atoms with Crippen LogP contribution in [0.3, 0.4) is 0 Å². The Morgan fingerprint density at radius 3 is 2.48 bits per heavy atom. The summed E-state index contributed by atoms with van der Waals surface area (Å²) in [6, 6.07) is 7.80. The van der Waals surface area contributed by atoms with Gasteiger partial charge < -0.3 is 9.64 Å². The first-order chi connectivity index (χ1) is 9.97. The highest BCUT2D eigenvalue weighted by atomic mass is 127. The molecule has 0 saturated carbocycles. The molecular weight excluding hydrogens is 394 g/mol. The van der Waals surface area contributed by atoms with Crippen molar-refractivity contribution in [2.75, 3.05) is 26.2 Å². The first kappa shape index (κ1) is 16.9. The molecule has 1 heterocycles. The number of nitrogens with zero attached hydrogens (tertiary/aromatic N) is 1. The minimum absolute atomic E-state index is 0.223. The molecule has 0 unspecified atom stereocenters. The number of hydrogen-bond acceptors (Lipinski definition) is 2. The molecule has 118 valence electrons. The summed E-state index contributed by atoms with van der Waals surface area (Å²) < 4.78 is 44.4. The van der Waals surface area contributed by atoms with Gasteiger partial charge in [-0.1, -0.05) is 12.1 Å². The summed E-state index contributed by atoms with van der Waals surface area (Å²) in [6.45, 7) is 2.47. The highest BCUT2D eigenvalue weighted by Gasteiger charge is 2.40. The maximum atomic E-state index is 12.6. The van der Waals surface area contributed by atoms with E-state index in [0.717, 1.165) is 22.3 Å². The van der Waals surface area contributed by atoms with E-state index in [-0.39, 0.29) is 12.8 Å². The van der Waals surface area contributed by atoms with Crippen LogP contribution in [0.4, 0.5) is 13.2 Å². The summed E-state index contributed by atoms with van der Waals surface area (Å²) >= 11 is 2.22. The van der Waals surface area contributed by atoms with E-state index in [1.807, 2.05) is 24.3 Å². The highest BCUT2D eigenvalue weighted by molar-refractivity contribution is 14.1. The van der Waals surface area contributed by atoms with E-state index >= 15 is 0 Å². The number of alkyl halides is 3. The summed E-state index contributed by atoms with van der Waals surface area (Å²) in [5.41, 5.74) is 0. The molecule has 0 N–H and O–H groups in total. The molecule has 1 fully saturated rings. The zero-order valence-corrected chi connectivity index (χ0v) is 13.9. The van der Waals surface area contributed by atoms with Crippen molar-refractivity contribution in [3.63, 3.8) is 0 Å². The molecule has 0 aromatic heterocycles. The number of hydrogen-bond donors (Lipinski definition) is 0. The third-order valence-electron chi connectivity index (χ3n) is 3.76. The van der Waals surface area contributed by atoms with Crippen LogP contribution in [0.2, 0.25) is 0 Å². The summed E-state index contributed by atoms with van der Waals surface area (Å²) in [7, 11) is 0. The SMILES string of the molecule is FC(F)(F)C1CCN(CCCOc2ccccc2I)CC1. The number of ether oxygens (including phenoxy) is 1. The monoisotopic (exact) mass is 413 g/mol. The van der Waals surface area contributed by atoms with Crippen LogP contribution >= 0.6 is 22.6 Å². The lowest BCUT2D eigenvalue weighted by atomic mass is 9.96. The summed E-state index contributed by atoms with van der Waals surface area (Å²) in [6.07, 6.45) is -2.75. The van der Waals surface area contributed by atoms with Gasteiger partial charge in [0.25, 0.3) is 0 Å². The van der Waals surface area contributed by atoms with Gasteiger partial charge in [0.2, 0.25) is 0 Å². The van der Waals surface area contributed by atoms with E-state index in [9.17, 15) is 13.2 Å². The number of rotatable bonds is 5. The lowest BCUT2D eigenvalue weighted by molar-refractivity contribution is -0.185. The summed E-state index contributed by atoms with van der Waals surface area (Å²) in [4.78, 5) is 2.10. The van der Waals surface area contributed by atoms with Gasteiger partial charge in [-0.05, 0) is 67.1 Å². The Bertz CT molecular complexity index is 445. The highest BCUT2D eigenvalue weighted by Crippen LogP contribution is 2.34. The van der Waals surface area contributed by atoms with Crippen molar-refractivity contribution in [1.29, 1.82) is 0 Å². The molecule has 0 atom stereocenters. The minimum Gasteiger partial charge on any atom is -0.492 e. The van der Waals surface area contributed by atoms with Crippen molar-refractivity contribution < 1.29 is 17.9 Å². The summed E-state index contributed by atoms with van der Waals surface area (Å²) in [5.74, 6) is -0.246. The van der Waals surface area contributed by atoms with Gasteiger partial charge in [-0.25, -0.2) is 0 Å². The van der Waals surface area contributed by atoms with Crippen LogP contribution in [-0.2, 0) is 0 Å². The van der Waals surface area contributed by atoms with Gasteiger partial charge in [0.05, 0.1) is 16.1 Å². The number of para-hydroxylation sites is 1. The largest absolute Gasteiger partial charge is 0.492 e. The van der Waals surface area contributed by atoms with Crippen LogP contribution < -0.4 is 4.74 Å². The van der Waals surface area contributed by atoms with Crippen LogP contribution in [0.1, 0.15) is 19.3 Å². The molecule has 0 bridgehead atoms. The van der Waals surface area contributed by atoms with E-state index in [1.54, 1.807) is 0 Å². The molecule has 1 aromatic rings. The van der Waals surface area contributed by atoms with Crippen molar-refractivity contribution >= 4 is 22.6 Å². The average molecular weight is 413 g/mol. The zero-order chi connectivity index (χ0) is 15.3. The van der Waals surface area contributed by atoms with Crippen molar-refractivity contribution in [3.8, 4) is 5.75 Å². The van der Waals surface area contributed by atoms with Crippen molar-refractivity contribution in [2.24, 2.45) is 5.92 Å². The van der Waals surface area contributed by atoms with Gasteiger partial charge in [-0.2, -0.15) is 13.2 Å². The molecule has 1 aromatic carbocycles. The van der Waals surface area contributed by atoms with E-state index in [2.05, 4.69) is 27.5 Å². The molecule has 0 aliphatic carbocycles. The molecule has 6 heteroatoms. The Morgan fingerprint density at radius 1 is 1.19 bits per heavy atom. The number of benzene rings is 1. The third kappa shape index (κ3) is 5.32. The van der Waals surface area contributed by atoms with Crippen LogP contribution in [0.5, 0.6) is 5.75 Å². The molecule has 21 heavy (non-hydrogen) atoms. The number of halogens is 4. The van der Waals surface area contributed by atoms with Crippen LogP contribution in [0.15, 0.2) is 24.3 Å². The molecule has 1 aliphatic heterocycles. The van der Waals surface area contributed by atoms with Gasteiger partial charge in [-0.3, -0.25) is 0 Å². The maximum Gasteiger partial charge on any atom is 0.391 e. The summed E-state index contributed by atoms with van der Waals surface area (Å²) in [5, 5.41) is 0. The predicted octanol–water partition coefficient (Wildman–Crippen LogP) is 4.33. The van der Waals surface area contributed by atoms with Gasteiger partial charge in [0.1, 0.15) is 5.75 Å². The fourth-order valence-corrected chi connectivity index (χ4v) is 3.06. The lowest BCUT2D eigenvalue weighted by Gasteiger charge is -2.32. The minimum atomic E-state index is -4.03. The Hall–Kier alpha value is -0.500. The van der Waals surface area contributed by atoms with E-state index in [4.69, 9.17) is 4.74 Å². The second-order valence-electron chi connectivity index (χ2n) is 5.29. The van der Waals surface area contributed by atoms with Crippen LogP contribution in [0.25, 0.3) is 0 Å². The van der Waals surface area contributed by atoms with E-state index < -0.39 is 12.1 Å². The average Bonchev–Trinajstić information content (AvgIpc) is 2.45. The normalized spacial score (nSPS) is 17.9. The maximum absolute atomic E-state index is 12.6. The second kappa shape index (κ2) is 7.67. The van der Waals surface area contributed by atoms with Gasteiger partial charge >= 0.3 is 6.18 Å². The van der Waals surface area contributed by atoms with Gasteiger partial charge in [0.15, 0.2) is 0 Å². The fraction of sp³-hybridized carbons (Fsp3) is 0.600. The fourth-order valence-electron chi connectivity index (χ4n) is 2.52. The smallest absolute Gasteiger partial charge is 0.391 e. The first-order valence-corrected chi connectivity index (χ1v) is 8.21. The van der Waals surface area contributed by atoms with Crippen molar-refractivity contribution in [2.45, 2.75) is 25.4 Å². The standard InChI is InChI=1S/C15H19F3INO/c16-15(17,18)12-6-9-20(10-7-12)8-3-11-21-14-5-2-1-4-13(14)19/h1-2,4-5,12H,3,6-11H2. The molecule has 0 radical (unpaired) electrons. The van der Waals surface area contributed by atoms with Crippen LogP contribution in [0, 0.1) is 9.49 Å². The predicted molar refractivity (Wildman–Crippen MR) is 84.5 cm³/mol. The van der Waals surface area contributed by atoms with Crippen molar-refractivity contribution in [1.82, 2.24) is 4.90 Å². The molecule has 0 amide bonds. The Kier molecular flexibility index (Phi) is 6.16. The van der Waals surface area contributed by atoms with E-state index in [1.165, 1.54) is 0 Å². The quantitative estimate of drug-likeness (QED) is 0.526. The van der Waals surface area contributed by atoms with Gasteiger partial charge in [-0.15, -0.1) is 0 Å². The van der Waals surface area contributed by atoms with Crippen molar-refractivity contribution in [3.05, 3.63) is 27.8 Å². The number of piperidine rings is 1. The Balaban J connectivity index is 1.63. The molecule has 1 saturated heterocycles. The first-order valence-electron chi connectivity index (χ1n) is 7.13. The lowest BCUT2D eigenvalue weighted by Crippen LogP contribution is -2.39. The van der Waals surface area contributed by atoms with Crippen LogP contribution in [-0.4, -0.2) is 37.3 Å². The zero-order valence-electron chi connectivity index (χ0n) is 11.7. The third-order valence-corrected chi connectivity index (χ3v) is 4.65. The second-order valence-corrected chi connectivity index (χ2v) is 6.45. The molecule has 0 spiro atoms. The Morgan fingerprint density at radius 2 is 1.86 bits per heavy atom. The topological polar surface area (TPSA) is 12.5 Å². The Labute approximate surface area is 136 Å². The molecule has 2 rings (SSSR count). The molecule has 2 nitrogen and oxygen atoms in total.